The molecule has 3 rings (SSSR count). The van der Waals surface area contributed by atoms with Crippen LogP contribution < -0.4 is 10.6 Å². The third-order valence-corrected chi connectivity index (χ3v) is 5.78. The number of nitrogens with zero attached hydrogens (tertiary/aromatic N) is 3. The number of pyridine rings is 1. The molecule has 1 aliphatic rings. The zero-order valence-electron chi connectivity index (χ0n) is 17.9. The van der Waals surface area contributed by atoms with Crippen molar-refractivity contribution in [3.05, 3.63) is 64.4 Å². The molecule has 0 amide bonds. The summed E-state index contributed by atoms with van der Waals surface area (Å²) >= 11 is 5.84. The van der Waals surface area contributed by atoms with E-state index in [1.54, 1.807) is 7.05 Å². The van der Waals surface area contributed by atoms with Gasteiger partial charge in [0.05, 0.1) is 0 Å². The molecule has 7 heteroatoms. The van der Waals surface area contributed by atoms with E-state index in [0.29, 0.717) is 5.15 Å². The maximum absolute atomic E-state index is 5.84. The molecule has 1 saturated heterocycles. The number of likely N-dealkylation sites (tertiary alicyclic amines) is 1. The fourth-order valence-electron chi connectivity index (χ4n) is 3.62. The zero-order valence-corrected chi connectivity index (χ0v) is 21.0. The Balaban J connectivity index is 0.00000320. The van der Waals surface area contributed by atoms with Gasteiger partial charge in [-0.1, -0.05) is 48.9 Å². The number of rotatable bonds is 7. The Morgan fingerprint density at radius 3 is 2.53 bits per heavy atom. The number of nitrogens with one attached hydrogen (secondary N) is 2. The van der Waals surface area contributed by atoms with Crippen LogP contribution in [0.1, 0.15) is 36.5 Å². The first-order chi connectivity index (χ1) is 14.1. The Bertz CT molecular complexity index is 788. The van der Waals surface area contributed by atoms with Crippen LogP contribution in [0, 0.1) is 5.92 Å². The van der Waals surface area contributed by atoms with Gasteiger partial charge >= 0.3 is 0 Å². The van der Waals surface area contributed by atoms with Crippen molar-refractivity contribution in [3.8, 4) is 0 Å². The predicted octanol–water partition coefficient (Wildman–Crippen LogP) is 4.49. The van der Waals surface area contributed by atoms with E-state index in [0.717, 1.165) is 43.5 Å². The van der Waals surface area contributed by atoms with Crippen molar-refractivity contribution in [1.82, 2.24) is 20.5 Å². The molecule has 0 spiro atoms. The molecule has 0 aliphatic carbocycles. The highest BCUT2D eigenvalue weighted by atomic mass is 127. The van der Waals surface area contributed by atoms with Crippen LogP contribution in [0.25, 0.3) is 0 Å². The first kappa shape index (κ1) is 24.9. The lowest BCUT2D eigenvalue weighted by atomic mass is 9.98. The minimum absolute atomic E-state index is 0. The van der Waals surface area contributed by atoms with Crippen molar-refractivity contribution in [1.29, 1.82) is 0 Å². The van der Waals surface area contributed by atoms with Gasteiger partial charge in [0.25, 0.3) is 0 Å². The van der Waals surface area contributed by atoms with E-state index < -0.39 is 0 Å². The Labute approximate surface area is 202 Å². The number of aromatic nitrogens is 1. The molecule has 30 heavy (non-hydrogen) atoms. The number of halogens is 2. The van der Waals surface area contributed by atoms with Gasteiger partial charge < -0.3 is 10.6 Å². The molecule has 1 fully saturated rings. The summed E-state index contributed by atoms with van der Waals surface area (Å²) in [6.45, 7) is 7.34. The molecule has 2 heterocycles. The van der Waals surface area contributed by atoms with E-state index in [2.05, 4.69) is 56.7 Å². The van der Waals surface area contributed by atoms with Gasteiger partial charge in [0.2, 0.25) is 0 Å². The van der Waals surface area contributed by atoms with E-state index in [1.807, 2.05) is 18.3 Å². The summed E-state index contributed by atoms with van der Waals surface area (Å²) in [4.78, 5) is 11.0. The van der Waals surface area contributed by atoms with Gasteiger partial charge in [0.15, 0.2) is 5.96 Å². The largest absolute Gasteiger partial charge is 0.356 e. The van der Waals surface area contributed by atoms with Crippen LogP contribution in [0.3, 0.4) is 0 Å². The molecule has 0 saturated carbocycles. The number of hydrogen-bond acceptors (Lipinski definition) is 3. The van der Waals surface area contributed by atoms with Crippen LogP contribution in [0.2, 0.25) is 5.15 Å². The predicted molar refractivity (Wildman–Crippen MR) is 137 cm³/mol. The molecule has 2 aromatic rings. The average molecular weight is 542 g/mol. The van der Waals surface area contributed by atoms with Gasteiger partial charge in [-0.15, -0.1) is 24.0 Å². The fraction of sp³-hybridized carbons (Fsp3) is 0.478. The second-order valence-electron chi connectivity index (χ2n) is 7.82. The molecule has 0 unspecified atom stereocenters. The quantitative estimate of drug-likeness (QED) is 0.235. The van der Waals surface area contributed by atoms with Gasteiger partial charge in [-0.05, 0) is 61.0 Å². The summed E-state index contributed by atoms with van der Waals surface area (Å²) in [6, 6.07) is 12.5. The molecule has 5 nitrogen and oxygen atoms in total. The number of benzene rings is 1. The lowest BCUT2D eigenvalue weighted by Crippen LogP contribution is -2.38. The van der Waals surface area contributed by atoms with Crippen LogP contribution in [0.15, 0.2) is 47.6 Å². The van der Waals surface area contributed by atoms with Crippen molar-refractivity contribution < 1.29 is 0 Å². The van der Waals surface area contributed by atoms with Crippen molar-refractivity contribution in [2.24, 2.45) is 10.9 Å². The average Bonchev–Trinajstić information content (AvgIpc) is 2.74. The third kappa shape index (κ3) is 8.04. The van der Waals surface area contributed by atoms with Gasteiger partial charge in [0, 0.05) is 32.9 Å². The van der Waals surface area contributed by atoms with Crippen LogP contribution in [0.4, 0.5) is 0 Å². The van der Waals surface area contributed by atoms with E-state index >= 15 is 0 Å². The zero-order chi connectivity index (χ0) is 20.5. The van der Waals surface area contributed by atoms with Gasteiger partial charge in [-0.25, -0.2) is 4.98 Å². The number of hydrogen-bond donors (Lipinski definition) is 2. The Morgan fingerprint density at radius 2 is 1.87 bits per heavy atom. The molecule has 2 N–H and O–H groups in total. The van der Waals surface area contributed by atoms with Gasteiger partial charge in [0.1, 0.15) is 5.15 Å². The highest BCUT2D eigenvalue weighted by molar-refractivity contribution is 14.0. The van der Waals surface area contributed by atoms with Crippen molar-refractivity contribution in [2.75, 3.05) is 26.7 Å². The molecular formula is C23H33ClIN5. The molecule has 0 atom stereocenters. The first-order valence-electron chi connectivity index (χ1n) is 10.5. The first-order valence-corrected chi connectivity index (χ1v) is 10.9. The molecule has 0 radical (unpaired) electrons. The SMILES string of the molecule is CN=C(NCCc1ccc(Cl)nc1)NCc1ccccc1CN1CCC(C)CC1.I. The molecule has 0 bridgehead atoms. The lowest BCUT2D eigenvalue weighted by molar-refractivity contribution is 0.185. The van der Waals surface area contributed by atoms with Crippen LogP contribution in [-0.4, -0.2) is 42.5 Å². The maximum Gasteiger partial charge on any atom is 0.191 e. The van der Waals surface area contributed by atoms with Crippen molar-refractivity contribution >= 4 is 41.5 Å². The lowest BCUT2D eigenvalue weighted by Gasteiger charge is -2.30. The molecular weight excluding hydrogens is 509 g/mol. The summed E-state index contributed by atoms with van der Waals surface area (Å²) in [6.07, 6.45) is 5.30. The van der Waals surface area contributed by atoms with Crippen LogP contribution >= 0.6 is 35.6 Å². The van der Waals surface area contributed by atoms with Crippen molar-refractivity contribution in [2.45, 2.75) is 39.3 Å². The molecule has 1 aromatic carbocycles. The molecule has 1 aromatic heterocycles. The summed E-state index contributed by atoms with van der Waals surface area (Å²) < 4.78 is 0. The minimum Gasteiger partial charge on any atom is -0.356 e. The number of piperidine rings is 1. The normalized spacial score (nSPS) is 15.5. The summed E-state index contributed by atoms with van der Waals surface area (Å²) in [7, 11) is 1.81. The highest BCUT2D eigenvalue weighted by Crippen LogP contribution is 2.19. The third-order valence-electron chi connectivity index (χ3n) is 5.55. The van der Waals surface area contributed by atoms with Crippen molar-refractivity contribution in [3.63, 3.8) is 0 Å². The molecule has 1 aliphatic heterocycles. The fourth-order valence-corrected chi connectivity index (χ4v) is 3.74. The topological polar surface area (TPSA) is 52.6 Å². The Hall–Kier alpha value is -1.38. The Kier molecular flexibility index (Phi) is 10.9. The number of guanidine groups is 1. The van der Waals surface area contributed by atoms with E-state index in [4.69, 9.17) is 11.6 Å². The highest BCUT2D eigenvalue weighted by Gasteiger charge is 2.16. The van der Waals surface area contributed by atoms with E-state index in [9.17, 15) is 0 Å². The van der Waals surface area contributed by atoms with Gasteiger partial charge in [-0.2, -0.15) is 0 Å². The second kappa shape index (κ2) is 13.1. The maximum atomic E-state index is 5.84. The second-order valence-corrected chi connectivity index (χ2v) is 8.21. The number of aliphatic imine (C=N–C) groups is 1. The standard InChI is InChI=1S/C23H32ClN5.HI/c1-18-10-13-29(14-11-18)17-21-6-4-3-5-20(21)16-28-23(25-2)26-12-9-19-7-8-22(24)27-15-19;/h3-8,15,18H,9-14,16-17H2,1-2H3,(H2,25,26,28);1H. The minimum atomic E-state index is 0. The van der Waals surface area contributed by atoms with E-state index in [-0.39, 0.29) is 24.0 Å². The summed E-state index contributed by atoms with van der Waals surface area (Å²) in [5, 5.41) is 7.35. The monoisotopic (exact) mass is 541 g/mol. The summed E-state index contributed by atoms with van der Waals surface area (Å²) in [5.41, 5.74) is 3.88. The van der Waals surface area contributed by atoms with Crippen LogP contribution in [-0.2, 0) is 19.5 Å². The van der Waals surface area contributed by atoms with Crippen LogP contribution in [0.5, 0.6) is 0 Å². The Morgan fingerprint density at radius 1 is 1.13 bits per heavy atom. The molecule has 164 valence electrons. The smallest absolute Gasteiger partial charge is 0.191 e. The van der Waals surface area contributed by atoms with Gasteiger partial charge in [-0.3, -0.25) is 9.89 Å². The summed E-state index contributed by atoms with van der Waals surface area (Å²) in [5.74, 6) is 1.68. The van der Waals surface area contributed by atoms with E-state index in [1.165, 1.54) is 37.1 Å².